The number of likely N-dealkylation sites (tertiary alicyclic amines) is 1. The molecule has 2 atom stereocenters. The zero-order valence-corrected chi connectivity index (χ0v) is 14.2. The third kappa shape index (κ3) is 2.98. The van der Waals surface area contributed by atoms with Crippen LogP contribution in [0.25, 0.3) is 0 Å². The van der Waals surface area contributed by atoms with Crippen LogP contribution in [0.15, 0.2) is 12.1 Å². The van der Waals surface area contributed by atoms with Crippen molar-refractivity contribution in [1.29, 1.82) is 0 Å². The first-order valence-electron chi connectivity index (χ1n) is 8.82. The van der Waals surface area contributed by atoms with Crippen molar-refractivity contribution in [1.82, 2.24) is 4.90 Å². The highest BCUT2D eigenvalue weighted by Crippen LogP contribution is 2.49. The van der Waals surface area contributed by atoms with Crippen LogP contribution >= 0.6 is 11.3 Å². The number of piperidine rings is 1. The van der Waals surface area contributed by atoms with Gasteiger partial charge in [0, 0.05) is 28.7 Å². The molecule has 0 bridgehead atoms. The van der Waals surface area contributed by atoms with Crippen LogP contribution in [0.5, 0.6) is 0 Å². The van der Waals surface area contributed by atoms with Crippen LogP contribution in [0.3, 0.4) is 0 Å². The lowest BCUT2D eigenvalue weighted by Crippen LogP contribution is -2.55. The fourth-order valence-electron chi connectivity index (χ4n) is 4.50. The van der Waals surface area contributed by atoms with Gasteiger partial charge in [0.15, 0.2) is 0 Å². The maximum absolute atomic E-state index is 12.7. The van der Waals surface area contributed by atoms with Crippen LogP contribution in [-0.4, -0.2) is 36.4 Å². The van der Waals surface area contributed by atoms with Gasteiger partial charge in [-0.15, -0.1) is 11.3 Å². The first-order chi connectivity index (χ1) is 10.8. The van der Waals surface area contributed by atoms with Crippen LogP contribution in [-0.2, 0) is 12.0 Å². The molecule has 1 N–H and O–H groups in total. The number of aliphatic hydroxyl groups is 1. The fraction of sp³-hybridized carbons (Fsp3) is 0.778. The molecule has 2 nitrogen and oxygen atoms in total. The molecule has 1 aromatic heterocycles. The van der Waals surface area contributed by atoms with Gasteiger partial charge in [-0.25, -0.2) is 0 Å². The van der Waals surface area contributed by atoms with Gasteiger partial charge in [0.25, 0.3) is 0 Å². The second-order valence-electron chi connectivity index (χ2n) is 6.80. The van der Waals surface area contributed by atoms with Gasteiger partial charge >= 0.3 is 0 Å². The van der Waals surface area contributed by atoms with E-state index in [1.807, 2.05) is 0 Å². The lowest BCUT2D eigenvalue weighted by Gasteiger charge is -2.52. The number of halogens is 1. The molecule has 3 rings (SSSR count). The first-order valence-corrected chi connectivity index (χ1v) is 9.64. The van der Waals surface area contributed by atoms with E-state index in [0.29, 0.717) is 12.3 Å². The molecule has 2 fully saturated rings. The van der Waals surface area contributed by atoms with Gasteiger partial charge < -0.3 is 5.11 Å². The maximum Gasteiger partial charge on any atom is 0.0942 e. The number of nitrogens with zero attached hydrogens (tertiary/aromatic N) is 1. The smallest absolute Gasteiger partial charge is 0.0942 e. The standard InChI is InChI=1S/C18H28FNOS/c19-11-9-16-7-8-17(22-16)18(20-12-4-1-5-13-20)10-3-2-6-15(18)14-21/h7-8,15,21H,1-6,9-14H2/t15-,18-/m0/s1. The van der Waals surface area contributed by atoms with E-state index < -0.39 is 0 Å². The van der Waals surface area contributed by atoms with Crippen molar-refractivity contribution in [2.75, 3.05) is 26.4 Å². The van der Waals surface area contributed by atoms with Crippen LogP contribution in [0.4, 0.5) is 4.39 Å². The van der Waals surface area contributed by atoms with Gasteiger partial charge in [-0.05, 0) is 50.9 Å². The molecule has 1 aliphatic heterocycles. The summed E-state index contributed by atoms with van der Waals surface area (Å²) in [6.45, 7) is 2.28. The Morgan fingerprint density at radius 2 is 2.00 bits per heavy atom. The number of hydrogen-bond acceptors (Lipinski definition) is 3. The highest BCUT2D eigenvalue weighted by molar-refractivity contribution is 7.12. The van der Waals surface area contributed by atoms with E-state index in [1.165, 1.54) is 37.0 Å². The van der Waals surface area contributed by atoms with Gasteiger partial charge in [0.1, 0.15) is 0 Å². The topological polar surface area (TPSA) is 23.5 Å². The van der Waals surface area contributed by atoms with Crippen LogP contribution < -0.4 is 0 Å². The highest BCUT2D eigenvalue weighted by Gasteiger charge is 2.47. The monoisotopic (exact) mass is 325 g/mol. The van der Waals surface area contributed by atoms with Crippen LogP contribution in [0.2, 0.25) is 0 Å². The molecule has 0 spiro atoms. The minimum Gasteiger partial charge on any atom is -0.396 e. The Morgan fingerprint density at radius 1 is 1.18 bits per heavy atom. The molecule has 1 aliphatic carbocycles. The van der Waals surface area contributed by atoms with E-state index in [0.717, 1.165) is 30.8 Å². The average Bonchev–Trinajstić information content (AvgIpc) is 3.05. The van der Waals surface area contributed by atoms with E-state index >= 15 is 0 Å². The fourth-order valence-corrected chi connectivity index (χ4v) is 5.81. The SMILES string of the molecule is OC[C@@H]1CCCC[C@]1(c1ccc(CCF)s1)N1CCCCC1. The van der Waals surface area contributed by atoms with E-state index in [2.05, 4.69) is 17.0 Å². The Morgan fingerprint density at radius 3 is 2.73 bits per heavy atom. The summed E-state index contributed by atoms with van der Waals surface area (Å²) >= 11 is 1.78. The molecule has 1 aromatic rings. The molecule has 1 saturated heterocycles. The third-order valence-electron chi connectivity index (χ3n) is 5.61. The Labute approximate surface area is 137 Å². The molecular weight excluding hydrogens is 297 g/mol. The van der Waals surface area contributed by atoms with Crippen molar-refractivity contribution in [3.63, 3.8) is 0 Å². The number of hydrogen-bond donors (Lipinski definition) is 1. The second-order valence-corrected chi connectivity index (χ2v) is 7.97. The predicted molar refractivity (Wildman–Crippen MR) is 90.1 cm³/mol. The first kappa shape index (κ1) is 16.4. The van der Waals surface area contributed by atoms with Crippen molar-refractivity contribution in [2.24, 2.45) is 5.92 Å². The summed E-state index contributed by atoms with van der Waals surface area (Å²) in [6, 6.07) is 4.33. The van der Waals surface area contributed by atoms with Crippen molar-refractivity contribution in [3.05, 3.63) is 21.9 Å². The quantitative estimate of drug-likeness (QED) is 0.880. The van der Waals surface area contributed by atoms with Gasteiger partial charge in [-0.1, -0.05) is 19.3 Å². The Balaban J connectivity index is 1.96. The molecule has 1 saturated carbocycles. The Bertz CT molecular complexity index is 471. The second kappa shape index (κ2) is 7.41. The minimum atomic E-state index is -0.278. The summed E-state index contributed by atoms with van der Waals surface area (Å²) in [4.78, 5) is 5.18. The average molecular weight is 325 g/mol. The zero-order chi connectivity index (χ0) is 15.4. The predicted octanol–water partition coefficient (Wildman–Crippen LogP) is 4.12. The number of rotatable bonds is 5. The Hall–Kier alpha value is -0.450. The molecule has 22 heavy (non-hydrogen) atoms. The molecule has 2 heterocycles. The molecule has 0 aromatic carbocycles. The summed E-state index contributed by atoms with van der Waals surface area (Å²) < 4.78 is 12.7. The summed E-state index contributed by atoms with van der Waals surface area (Å²) in [7, 11) is 0. The Kier molecular flexibility index (Phi) is 5.53. The van der Waals surface area contributed by atoms with E-state index in [1.54, 1.807) is 11.3 Å². The zero-order valence-electron chi connectivity index (χ0n) is 13.4. The lowest BCUT2D eigenvalue weighted by atomic mass is 9.70. The highest BCUT2D eigenvalue weighted by atomic mass is 32.1. The van der Waals surface area contributed by atoms with Crippen LogP contribution in [0.1, 0.15) is 54.7 Å². The summed E-state index contributed by atoms with van der Waals surface area (Å²) in [6.07, 6.45) is 9.12. The molecular formula is C18H28FNOS. The maximum atomic E-state index is 12.7. The van der Waals surface area contributed by atoms with Gasteiger partial charge in [-0.2, -0.15) is 0 Å². The molecule has 4 heteroatoms. The van der Waals surface area contributed by atoms with E-state index in [-0.39, 0.29) is 18.8 Å². The minimum absolute atomic E-state index is 0.00660. The third-order valence-corrected chi connectivity index (χ3v) is 6.92. The van der Waals surface area contributed by atoms with Crippen molar-refractivity contribution >= 4 is 11.3 Å². The van der Waals surface area contributed by atoms with Gasteiger partial charge in [-0.3, -0.25) is 9.29 Å². The van der Waals surface area contributed by atoms with Crippen molar-refractivity contribution in [2.45, 2.75) is 56.9 Å². The number of alkyl halides is 1. The molecule has 0 amide bonds. The van der Waals surface area contributed by atoms with Crippen LogP contribution in [0, 0.1) is 5.92 Å². The van der Waals surface area contributed by atoms with E-state index in [4.69, 9.17) is 0 Å². The molecule has 0 radical (unpaired) electrons. The normalized spacial score (nSPS) is 30.5. The lowest BCUT2D eigenvalue weighted by molar-refractivity contribution is -0.0360. The van der Waals surface area contributed by atoms with Gasteiger partial charge in [0.05, 0.1) is 12.2 Å². The summed E-state index contributed by atoms with van der Waals surface area (Å²) in [5, 5.41) is 10.0. The summed E-state index contributed by atoms with van der Waals surface area (Å²) in [5.41, 5.74) is 0.00660. The summed E-state index contributed by atoms with van der Waals surface area (Å²) in [5.74, 6) is 0.330. The molecule has 124 valence electrons. The number of aliphatic hydroxyl groups excluding tert-OH is 1. The number of aryl methyl sites for hydroxylation is 1. The molecule has 2 aliphatic rings. The van der Waals surface area contributed by atoms with E-state index in [9.17, 15) is 9.50 Å². The molecule has 0 unspecified atom stereocenters. The largest absolute Gasteiger partial charge is 0.396 e. The van der Waals surface area contributed by atoms with Gasteiger partial charge in [0.2, 0.25) is 0 Å². The number of thiophene rings is 1. The van der Waals surface area contributed by atoms with Crippen molar-refractivity contribution in [3.8, 4) is 0 Å². The van der Waals surface area contributed by atoms with Crippen molar-refractivity contribution < 1.29 is 9.50 Å².